The summed E-state index contributed by atoms with van der Waals surface area (Å²) in [5.41, 5.74) is 8.84. The van der Waals surface area contributed by atoms with Crippen LogP contribution in [0.15, 0.2) is 78.4 Å². The molecule has 4 heteroatoms. The number of allylic oxidation sites excluding steroid dienone is 2. The molecule has 3 nitrogen and oxygen atoms in total. The fraction of sp³-hybridized carbons (Fsp3) is 0.394. The number of ether oxygens (including phenoxy) is 2. The van der Waals surface area contributed by atoms with Gasteiger partial charge in [0.15, 0.2) is 0 Å². The average Bonchev–Trinajstić information content (AvgIpc) is 3.48. The Kier molecular flexibility index (Phi) is 6.74. The molecule has 2 aromatic rings. The summed E-state index contributed by atoms with van der Waals surface area (Å²) in [6.07, 6.45) is 11.5. The normalized spacial score (nSPS) is 19.0. The van der Waals surface area contributed by atoms with Crippen LogP contribution in [-0.4, -0.2) is 39.8 Å². The van der Waals surface area contributed by atoms with Gasteiger partial charge in [-0.2, -0.15) is 0 Å². The minimum Gasteiger partial charge on any atom is -0.497 e. The van der Waals surface area contributed by atoms with E-state index >= 15 is 0 Å². The van der Waals surface area contributed by atoms with Gasteiger partial charge in [0, 0.05) is 35.5 Å². The van der Waals surface area contributed by atoms with Crippen molar-refractivity contribution in [2.75, 3.05) is 26.8 Å². The molecule has 0 spiro atoms. The molecule has 0 N–H and O–H groups in total. The SMILES string of the molecule is C=CCOc1c(C(C)(C)C)cc(OC)cc1[Si](C)(C)C1C=C(N2CC3=C(CCC=C3)C2)c2ccccc21. The standard InChI is InChI=1S/C33H41NO2Si/c1-8-17-36-32-28(33(2,3)4)18-25(35-5)19-31(32)37(6,7)30-20-29(26-15-11-12-16-27(26)30)34-21-23-13-9-10-14-24(23)22-34/h8-9,11-13,15-16,18-20,30H,1,10,14,17,21-22H2,2-7H3. The summed E-state index contributed by atoms with van der Waals surface area (Å²) in [7, 11) is -0.383. The van der Waals surface area contributed by atoms with Gasteiger partial charge in [-0.25, -0.2) is 0 Å². The molecule has 0 aromatic heterocycles. The van der Waals surface area contributed by atoms with Crippen LogP contribution >= 0.6 is 0 Å². The van der Waals surface area contributed by atoms with E-state index in [0.29, 0.717) is 12.1 Å². The summed E-state index contributed by atoms with van der Waals surface area (Å²) in [5, 5.41) is 1.32. The molecule has 0 saturated carbocycles. The summed E-state index contributed by atoms with van der Waals surface area (Å²) in [6, 6.07) is 13.5. The van der Waals surface area contributed by atoms with Crippen LogP contribution in [0, 0.1) is 0 Å². The summed E-state index contributed by atoms with van der Waals surface area (Å²) in [4.78, 5) is 2.60. The van der Waals surface area contributed by atoms with Crippen molar-refractivity contribution in [3.05, 3.63) is 95.1 Å². The minimum atomic E-state index is -2.15. The summed E-state index contributed by atoms with van der Waals surface area (Å²) < 4.78 is 12.3. The summed E-state index contributed by atoms with van der Waals surface area (Å²) >= 11 is 0. The number of rotatable bonds is 7. The molecule has 2 aliphatic carbocycles. The van der Waals surface area contributed by atoms with Gasteiger partial charge in [-0.3, -0.25) is 0 Å². The van der Waals surface area contributed by atoms with E-state index < -0.39 is 8.07 Å². The van der Waals surface area contributed by atoms with E-state index in [0.717, 1.165) is 24.6 Å². The second kappa shape index (κ2) is 9.72. The second-order valence-corrected chi connectivity index (χ2v) is 16.8. The van der Waals surface area contributed by atoms with Crippen molar-refractivity contribution in [1.82, 2.24) is 4.90 Å². The molecule has 1 unspecified atom stereocenters. The predicted molar refractivity (Wildman–Crippen MR) is 159 cm³/mol. The van der Waals surface area contributed by atoms with Crippen LogP contribution in [0.25, 0.3) is 5.70 Å². The molecule has 0 fully saturated rings. The van der Waals surface area contributed by atoms with Crippen LogP contribution in [-0.2, 0) is 5.41 Å². The smallest absolute Gasteiger partial charge is 0.123 e. The molecule has 1 heterocycles. The molecule has 37 heavy (non-hydrogen) atoms. The van der Waals surface area contributed by atoms with Gasteiger partial charge < -0.3 is 14.4 Å². The molecule has 1 atom stereocenters. The highest BCUT2D eigenvalue weighted by molar-refractivity contribution is 6.92. The highest BCUT2D eigenvalue weighted by atomic mass is 28.3. The zero-order chi connectivity index (χ0) is 26.4. The van der Waals surface area contributed by atoms with Gasteiger partial charge in [-0.05, 0) is 52.3 Å². The molecular weight excluding hydrogens is 470 g/mol. The van der Waals surface area contributed by atoms with Gasteiger partial charge in [0.25, 0.3) is 0 Å². The van der Waals surface area contributed by atoms with Gasteiger partial charge in [0.2, 0.25) is 0 Å². The van der Waals surface area contributed by atoms with Crippen LogP contribution in [0.5, 0.6) is 11.5 Å². The predicted octanol–water partition coefficient (Wildman–Crippen LogP) is 7.11. The van der Waals surface area contributed by atoms with Crippen molar-refractivity contribution in [3.8, 4) is 11.5 Å². The number of hydrogen-bond donors (Lipinski definition) is 0. The van der Waals surface area contributed by atoms with Crippen molar-refractivity contribution >= 4 is 19.0 Å². The molecule has 194 valence electrons. The largest absolute Gasteiger partial charge is 0.497 e. The maximum absolute atomic E-state index is 6.48. The number of benzene rings is 2. The van der Waals surface area contributed by atoms with Gasteiger partial charge in [-0.1, -0.05) is 89.0 Å². The number of methoxy groups -OCH3 is 1. The number of hydrogen-bond acceptors (Lipinski definition) is 3. The van der Waals surface area contributed by atoms with Crippen molar-refractivity contribution in [3.63, 3.8) is 0 Å². The van der Waals surface area contributed by atoms with Crippen molar-refractivity contribution in [2.24, 2.45) is 0 Å². The van der Waals surface area contributed by atoms with E-state index in [2.05, 4.69) is 100.0 Å². The molecule has 0 radical (unpaired) electrons. The molecule has 0 amide bonds. The number of nitrogens with zero attached hydrogens (tertiary/aromatic N) is 1. The minimum absolute atomic E-state index is 0.0767. The summed E-state index contributed by atoms with van der Waals surface area (Å²) in [6.45, 7) is 18.2. The third-order valence-corrected chi connectivity index (χ3v) is 12.1. The first-order chi connectivity index (χ1) is 17.6. The quantitative estimate of drug-likeness (QED) is 0.292. The Hall–Kier alpha value is -2.98. The van der Waals surface area contributed by atoms with Crippen molar-refractivity contribution in [2.45, 2.75) is 57.7 Å². The Balaban J connectivity index is 1.62. The van der Waals surface area contributed by atoms with Crippen molar-refractivity contribution in [1.29, 1.82) is 0 Å². The molecule has 5 rings (SSSR count). The Morgan fingerprint density at radius 2 is 1.92 bits per heavy atom. The van der Waals surface area contributed by atoms with E-state index in [1.54, 1.807) is 12.7 Å². The Morgan fingerprint density at radius 3 is 2.62 bits per heavy atom. The van der Waals surface area contributed by atoms with E-state index in [1.165, 1.54) is 46.0 Å². The Labute approximate surface area is 224 Å². The van der Waals surface area contributed by atoms with Crippen LogP contribution in [0.2, 0.25) is 13.1 Å². The lowest BCUT2D eigenvalue weighted by molar-refractivity contribution is 0.351. The molecule has 0 saturated heterocycles. The number of fused-ring (bicyclic) bond motifs is 1. The topological polar surface area (TPSA) is 21.7 Å². The van der Waals surface area contributed by atoms with E-state index in [-0.39, 0.29) is 5.41 Å². The van der Waals surface area contributed by atoms with Crippen LogP contribution in [0.4, 0.5) is 0 Å². The second-order valence-electron chi connectivity index (χ2n) is 12.2. The first-order valence-corrected chi connectivity index (χ1v) is 16.6. The third-order valence-electron chi connectivity index (χ3n) is 8.29. The molecule has 3 aliphatic rings. The fourth-order valence-corrected chi connectivity index (χ4v) is 9.45. The Morgan fingerprint density at radius 1 is 1.14 bits per heavy atom. The zero-order valence-electron chi connectivity index (χ0n) is 23.4. The first-order valence-electron chi connectivity index (χ1n) is 13.6. The van der Waals surface area contributed by atoms with Gasteiger partial charge >= 0.3 is 0 Å². The van der Waals surface area contributed by atoms with E-state index in [9.17, 15) is 0 Å². The molecule has 1 aliphatic heterocycles. The maximum Gasteiger partial charge on any atom is 0.123 e. The average molecular weight is 512 g/mol. The van der Waals surface area contributed by atoms with E-state index in [4.69, 9.17) is 9.47 Å². The highest BCUT2D eigenvalue weighted by Crippen LogP contribution is 2.46. The third kappa shape index (κ3) is 4.61. The van der Waals surface area contributed by atoms with Crippen LogP contribution in [0.3, 0.4) is 0 Å². The molecule has 2 aromatic carbocycles. The fourth-order valence-electron chi connectivity index (χ4n) is 6.20. The Bertz CT molecular complexity index is 1310. The molecular formula is C33H41NO2Si. The monoisotopic (exact) mass is 511 g/mol. The lowest BCUT2D eigenvalue weighted by Gasteiger charge is -2.34. The molecule has 0 bridgehead atoms. The highest BCUT2D eigenvalue weighted by Gasteiger charge is 2.43. The summed E-state index contributed by atoms with van der Waals surface area (Å²) in [5.74, 6) is 1.93. The maximum atomic E-state index is 6.48. The van der Waals surface area contributed by atoms with Gasteiger partial charge in [-0.15, -0.1) is 0 Å². The van der Waals surface area contributed by atoms with E-state index in [1.807, 2.05) is 6.08 Å². The van der Waals surface area contributed by atoms with Gasteiger partial charge in [0.1, 0.15) is 18.1 Å². The van der Waals surface area contributed by atoms with Crippen molar-refractivity contribution < 1.29 is 9.47 Å². The van der Waals surface area contributed by atoms with Crippen LogP contribution < -0.4 is 14.7 Å². The van der Waals surface area contributed by atoms with Crippen LogP contribution in [0.1, 0.15) is 55.8 Å². The van der Waals surface area contributed by atoms with Gasteiger partial charge in [0.05, 0.1) is 15.2 Å². The lowest BCUT2D eigenvalue weighted by Crippen LogP contribution is -2.48. The zero-order valence-corrected chi connectivity index (χ0v) is 24.4. The first kappa shape index (κ1) is 25.7. The lowest BCUT2D eigenvalue weighted by atomic mass is 9.86.